The Kier molecular flexibility index (Phi) is 5.68. The number of aryl methyl sites for hydroxylation is 2. The zero-order valence-corrected chi connectivity index (χ0v) is 15.7. The number of anilines is 1. The summed E-state index contributed by atoms with van der Waals surface area (Å²) in [6, 6.07) is 7.94. The lowest BCUT2D eigenvalue weighted by atomic mass is 9.98. The third-order valence-electron chi connectivity index (χ3n) is 4.69. The Morgan fingerprint density at radius 2 is 2.04 bits per heavy atom. The van der Waals surface area contributed by atoms with E-state index in [1.54, 1.807) is 0 Å². The largest absolute Gasteiger partial charge is 0.446 e. The smallest absolute Gasteiger partial charge is 0.413 e. The summed E-state index contributed by atoms with van der Waals surface area (Å²) >= 11 is 4.40. The van der Waals surface area contributed by atoms with E-state index in [9.17, 15) is 4.79 Å². The number of nitrogens with one attached hydrogen (secondary N) is 1. The van der Waals surface area contributed by atoms with Gasteiger partial charge >= 0.3 is 6.09 Å². The number of benzene rings is 1. The molecule has 2 aromatic rings. The molecule has 1 aliphatic carbocycles. The highest BCUT2D eigenvalue weighted by atomic mass is 32.1. The van der Waals surface area contributed by atoms with E-state index >= 15 is 0 Å². The first-order chi connectivity index (χ1) is 12.0. The zero-order valence-electron chi connectivity index (χ0n) is 14.8. The molecule has 1 aromatic carbocycles. The van der Waals surface area contributed by atoms with Crippen molar-refractivity contribution in [3.63, 3.8) is 0 Å². The molecule has 1 N–H and O–H groups in total. The molecule has 0 radical (unpaired) electrons. The number of ether oxygens (including phenoxy) is 1. The molecule has 5 nitrogen and oxygen atoms in total. The van der Waals surface area contributed by atoms with Crippen LogP contribution in [0.3, 0.4) is 0 Å². The van der Waals surface area contributed by atoms with Gasteiger partial charge < -0.3 is 4.74 Å². The topological polar surface area (TPSA) is 56.2 Å². The van der Waals surface area contributed by atoms with E-state index in [0.29, 0.717) is 12.4 Å². The van der Waals surface area contributed by atoms with Crippen LogP contribution in [0.25, 0.3) is 0 Å². The van der Waals surface area contributed by atoms with E-state index in [4.69, 9.17) is 4.74 Å². The van der Waals surface area contributed by atoms with Crippen LogP contribution in [0.15, 0.2) is 29.2 Å². The lowest BCUT2D eigenvalue weighted by molar-refractivity contribution is 0.0864. The summed E-state index contributed by atoms with van der Waals surface area (Å²) in [5, 5.41) is 7.24. The Morgan fingerprint density at radius 3 is 2.80 bits per heavy atom. The SMILES string of the molecule is Cc1ccc(S)cc1Cn1nc(NC(=O)OC2CCCCC2)cc1C. The summed E-state index contributed by atoms with van der Waals surface area (Å²) < 4.78 is 7.37. The summed E-state index contributed by atoms with van der Waals surface area (Å²) in [4.78, 5) is 13.0. The van der Waals surface area contributed by atoms with Crippen molar-refractivity contribution < 1.29 is 9.53 Å². The molecule has 0 aliphatic heterocycles. The number of hydrogen-bond donors (Lipinski definition) is 2. The van der Waals surface area contributed by atoms with Gasteiger partial charge in [-0.05, 0) is 62.8 Å². The van der Waals surface area contributed by atoms with Gasteiger partial charge in [0.1, 0.15) is 6.10 Å². The van der Waals surface area contributed by atoms with Crippen molar-refractivity contribution in [3.05, 3.63) is 41.1 Å². The molecule has 3 rings (SSSR count). The van der Waals surface area contributed by atoms with Crippen LogP contribution in [0.5, 0.6) is 0 Å². The number of carbonyl (C=O) groups is 1. The van der Waals surface area contributed by atoms with E-state index < -0.39 is 6.09 Å². The number of rotatable bonds is 4. The van der Waals surface area contributed by atoms with Crippen molar-refractivity contribution in [2.24, 2.45) is 0 Å². The third-order valence-corrected chi connectivity index (χ3v) is 4.97. The van der Waals surface area contributed by atoms with Crippen LogP contribution in [0.4, 0.5) is 10.6 Å². The lowest BCUT2D eigenvalue weighted by Gasteiger charge is -2.21. The molecule has 25 heavy (non-hydrogen) atoms. The van der Waals surface area contributed by atoms with Crippen LogP contribution in [0, 0.1) is 13.8 Å². The van der Waals surface area contributed by atoms with Gasteiger partial charge in [0.05, 0.1) is 6.54 Å². The minimum absolute atomic E-state index is 0.0395. The first-order valence-corrected chi connectivity index (χ1v) is 9.26. The number of hydrogen-bond acceptors (Lipinski definition) is 4. The Bertz CT molecular complexity index is 751. The van der Waals surface area contributed by atoms with Gasteiger partial charge in [-0.2, -0.15) is 5.10 Å². The zero-order chi connectivity index (χ0) is 17.8. The predicted molar refractivity (Wildman–Crippen MR) is 101 cm³/mol. The Balaban J connectivity index is 1.63. The predicted octanol–water partition coefficient (Wildman–Crippen LogP) is 4.72. The number of aromatic nitrogens is 2. The van der Waals surface area contributed by atoms with Crippen LogP contribution in [0.1, 0.15) is 48.9 Å². The average molecular weight is 359 g/mol. The van der Waals surface area contributed by atoms with Crippen LogP contribution in [-0.2, 0) is 11.3 Å². The molecule has 1 aliphatic rings. The minimum atomic E-state index is -0.412. The Hall–Kier alpha value is -1.95. The third kappa shape index (κ3) is 4.78. The second-order valence-corrected chi connectivity index (χ2v) is 7.25. The van der Waals surface area contributed by atoms with Gasteiger partial charge in [0.2, 0.25) is 0 Å². The first-order valence-electron chi connectivity index (χ1n) is 8.82. The average Bonchev–Trinajstić information content (AvgIpc) is 2.91. The lowest BCUT2D eigenvalue weighted by Crippen LogP contribution is -2.24. The molecular weight excluding hydrogens is 334 g/mol. The maximum atomic E-state index is 12.1. The fraction of sp³-hybridized carbons (Fsp3) is 0.474. The van der Waals surface area contributed by atoms with Gasteiger partial charge in [-0.15, -0.1) is 12.6 Å². The quantitative estimate of drug-likeness (QED) is 0.777. The summed E-state index contributed by atoms with van der Waals surface area (Å²) in [6.07, 6.45) is 5.05. The second-order valence-electron chi connectivity index (χ2n) is 6.73. The Morgan fingerprint density at radius 1 is 1.28 bits per heavy atom. The molecule has 1 heterocycles. The number of amides is 1. The highest BCUT2D eigenvalue weighted by molar-refractivity contribution is 7.80. The van der Waals surface area contributed by atoms with Crippen molar-refractivity contribution in [1.82, 2.24) is 9.78 Å². The van der Waals surface area contributed by atoms with E-state index in [1.807, 2.05) is 29.8 Å². The normalized spacial score (nSPS) is 15.2. The molecule has 0 unspecified atom stereocenters. The maximum absolute atomic E-state index is 12.1. The van der Waals surface area contributed by atoms with Crippen LogP contribution in [0.2, 0.25) is 0 Å². The van der Waals surface area contributed by atoms with Crippen LogP contribution >= 0.6 is 12.6 Å². The monoisotopic (exact) mass is 359 g/mol. The van der Waals surface area contributed by atoms with Gasteiger partial charge in [-0.3, -0.25) is 10.00 Å². The fourth-order valence-corrected chi connectivity index (χ4v) is 3.42. The summed E-state index contributed by atoms with van der Waals surface area (Å²) in [5.41, 5.74) is 3.34. The Labute approximate surface area is 154 Å². The molecule has 0 atom stereocenters. The fourth-order valence-electron chi connectivity index (χ4n) is 3.19. The van der Waals surface area contributed by atoms with Crippen molar-refractivity contribution in [1.29, 1.82) is 0 Å². The first kappa shape index (κ1) is 17.9. The standard InChI is InChI=1S/C19H25N3O2S/c1-13-8-9-17(25)11-15(13)12-22-14(2)10-18(21-22)20-19(23)24-16-6-4-3-5-7-16/h8-11,16,25H,3-7,12H2,1-2H3,(H,20,21,23). The maximum Gasteiger partial charge on any atom is 0.413 e. The molecule has 6 heteroatoms. The van der Waals surface area contributed by atoms with E-state index in [1.165, 1.54) is 12.0 Å². The second kappa shape index (κ2) is 7.95. The molecule has 1 amide bonds. The van der Waals surface area contributed by atoms with Crippen molar-refractivity contribution in [2.75, 3.05) is 5.32 Å². The van der Waals surface area contributed by atoms with E-state index in [0.717, 1.165) is 41.8 Å². The van der Waals surface area contributed by atoms with Crippen molar-refractivity contribution in [2.45, 2.75) is 63.5 Å². The summed E-state index contributed by atoms with van der Waals surface area (Å²) in [7, 11) is 0. The van der Waals surface area contributed by atoms with Crippen molar-refractivity contribution in [3.8, 4) is 0 Å². The number of thiol groups is 1. The van der Waals surface area contributed by atoms with Crippen molar-refractivity contribution >= 4 is 24.5 Å². The molecule has 134 valence electrons. The van der Waals surface area contributed by atoms with Gasteiger partial charge in [0, 0.05) is 16.7 Å². The molecule has 0 bridgehead atoms. The highest BCUT2D eigenvalue weighted by Crippen LogP contribution is 2.21. The van der Waals surface area contributed by atoms with Gasteiger partial charge in [-0.25, -0.2) is 4.79 Å². The van der Waals surface area contributed by atoms with Gasteiger partial charge in [0.15, 0.2) is 5.82 Å². The molecule has 1 aromatic heterocycles. The molecule has 0 saturated heterocycles. The minimum Gasteiger partial charge on any atom is -0.446 e. The summed E-state index contributed by atoms with van der Waals surface area (Å²) in [5.74, 6) is 0.526. The van der Waals surface area contributed by atoms with E-state index in [-0.39, 0.29) is 6.10 Å². The highest BCUT2D eigenvalue weighted by Gasteiger charge is 2.18. The molecule has 0 spiro atoms. The van der Waals surface area contributed by atoms with Crippen LogP contribution in [-0.4, -0.2) is 22.0 Å². The molecule has 1 fully saturated rings. The molecular formula is C19H25N3O2S. The van der Waals surface area contributed by atoms with Gasteiger partial charge in [0.25, 0.3) is 0 Å². The number of nitrogens with zero attached hydrogens (tertiary/aromatic N) is 2. The van der Waals surface area contributed by atoms with E-state index in [2.05, 4.69) is 36.0 Å². The van der Waals surface area contributed by atoms with Crippen LogP contribution < -0.4 is 5.32 Å². The number of carbonyl (C=O) groups excluding carboxylic acids is 1. The van der Waals surface area contributed by atoms with Gasteiger partial charge in [-0.1, -0.05) is 12.5 Å². The summed E-state index contributed by atoms with van der Waals surface area (Å²) in [6.45, 7) is 4.69. The molecule has 1 saturated carbocycles.